The lowest BCUT2D eigenvalue weighted by Gasteiger charge is -2.13. The van der Waals surface area contributed by atoms with E-state index in [9.17, 15) is 4.79 Å². The van der Waals surface area contributed by atoms with Crippen molar-refractivity contribution < 1.29 is 14.4 Å². The van der Waals surface area contributed by atoms with Crippen LogP contribution in [0.4, 0.5) is 0 Å². The Morgan fingerprint density at radius 3 is 2.79 bits per heavy atom. The molecule has 0 spiro atoms. The summed E-state index contributed by atoms with van der Waals surface area (Å²) in [4.78, 5) is 13.3. The zero-order valence-electron chi connectivity index (χ0n) is 11.6. The predicted octanol–water partition coefficient (Wildman–Crippen LogP) is 0.169. The van der Waals surface area contributed by atoms with Gasteiger partial charge in [0.15, 0.2) is 6.61 Å². The summed E-state index contributed by atoms with van der Waals surface area (Å²) in [6, 6.07) is 7.74. The van der Waals surface area contributed by atoms with Gasteiger partial charge in [-0.25, -0.2) is 0 Å². The molecule has 1 aliphatic heterocycles. The van der Waals surface area contributed by atoms with Crippen LogP contribution in [0.1, 0.15) is 18.4 Å². The number of benzene rings is 1. The van der Waals surface area contributed by atoms with Crippen molar-refractivity contribution in [1.82, 2.24) is 5.32 Å². The van der Waals surface area contributed by atoms with Crippen LogP contribution in [-0.2, 0) is 4.79 Å². The molecule has 1 aliphatic rings. The van der Waals surface area contributed by atoms with Gasteiger partial charge >= 0.3 is 0 Å². The predicted molar refractivity (Wildman–Crippen MR) is 74.5 cm³/mol. The fourth-order valence-corrected chi connectivity index (χ4v) is 2.42. The molecule has 1 saturated heterocycles. The summed E-state index contributed by atoms with van der Waals surface area (Å²) in [5.74, 6) is 0.740. The third kappa shape index (κ3) is 4.56. The van der Waals surface area contributed by atoms with E-state index >= 15 is 0 Å². The quantitative estimate of drug-likeness (QED) is 0.768. The summed E-state index contributed by atoms with van der Waals surface area (Å²) in [5, 5.41) is 2.91. The molecule has 19 heavy (non-hydrogen) atoms. The fraction of sp³-hybridized carbons (Fsp3) is 0.533. The van der Waals surface area contributed by atoms with Crippen molar-refractivity contribution in [2.24, 2.45) is 0 Å². The molecular weight excluding hydrogens is 240 g/mol. The van der Waals surface area contributed by atoms with Crippen LogP contribution in [0.15, 0.2) is 24.3 Å². The molecule has 0 unspecified atom stereocenters. The summed E-state index contributed by atoms with van der Waals surface area (Å²) < 4.78 is 5.50. The van der Waals surface area contributed by atoms with Gasteiger partial charge in [0.1, 0.15) is 5.75 Å². The van der Waals surface area contributed by atoms with E-state index in [0.29, 0.717) is 0 Å². The van der Waals surface area contributed by atoms with Gasteiger partial charge in [0.2, 0.25) is 0 Å². The average Bonchev–Trinajstić information content (AvgIpc) is 2.91. The number of quaternary nitrogens is 1. The van der Waals surface area contributed by atoms with Crippen LogP contribution >= 0.6 is 0 Å². The third-order valence-corrected chi connectivity index (χ3v) is 3.56. The molecule has 1 aromatic rings. The van der Waals surface area contributed by atoms with E-state index in [1.165, 1.54) is 25.9 Å². The van der Waals surface area contributed by atoms with Gasteiger partial charge in [0.25, 0.3) is 5.91 Å². The van der Waals surface area contributed by atoms with Crippen molar-refractivity contribution in [3.05, 3.63) is 29.8 Å². The summed E-state index contributed by atoms with van der Waals surface area (Å²) in [7, 11) is 0. The van der Waals surface area contributed by atoms with E-state index in [0.717, 1.165) is 24.4 Å². The smallest absolute Gasteiger partial charge is 0.258 e. The lowest BCUT2D eigenvalue weighted by molar-refractivity contribution is -0.886. The first kappa shape index (κ1) is 13.9. The Morgan fingerprint density at radius 2 is 2.05 bits per heavy atom. The first-order valence-corrected chi connectivity index (χ1v) is 7.04. The van der Waals surface area contributed by atoms with Crippen LogP contribution in [0.3, 0.4) is 0 Å². The average molecular weight is 263 g/mol. The van der Waals surface area contributed by atoms with Crippen molar-refractivity contribution in [2.75, 3.05) is 32.8 Å². The van der Waals surface area contributed by atoms with Crippen molar-refractivity contribution in [3.63, 3.8) is 0 Å². The van der Waals surface area contributed by atoms with Gasteiger partial charge in [-0.15, -0.1) is 0 Å². The van der Waals surface area contributed by atoms with Crippen LogP contribution in [0.2, 0.25) is 0 Å². The number of hydrogen-bond donors (Lipinski definition) is 2. The lowest BCUT2D eigenvalue weighted by atomic mass is 10.2. The van der Waals surface area contributed by atoms with Crippen molar-refractivity contribution in [1.29, 1.82) is 0 Å². The number of likely N-dealkylation sites (tertiary alicyclic amines) is 1. The molecule has 1 amide bonds. The molecule has 0 bridgehead atoms. The molecule has 2 rings (SSSR count). The SMILES string of the molecule is Cc1ccccc1OCC(=O)NCC[NH+]1CCCC1. The largest absolute Gasteiger partial charge is 0.484 e. The first-order chi connectivity index (χ1) is 9.25. The van der Waals surface area contributed by atoms with Gasteiger partial charge in [-0.3, -0.25) is 4.79 Å². The Hall–Kier alpha value is -1.55. The number of nitrogens with one attached hydrogen (secondary N) is 2. The maximum absolute atomic E-state index is 11.7. The minimum Gasteiger partial charge on any atom is -0.484 e. The van der Waals surface area contributed by atoms with E-state index in [2.05, 4.69) is 5.32 Å². The normalized spacial score (nSPS) is 15.4. The van der Waals surface area contributed by atoms with E-state index < -0.39 is 0 Å². The number of aryl methyl sites for hydroxylation is 1. The van der Waals surface area contributed by atoms with Gasteiger partial charge in [-0.2, -0.15) is 0 Å². The number of carbonyl (C=O) groups excluding carboxylic acids is 1. The first-order valence-electron chi connectivity index (χ1n) is 7.04. The molecule has 1 heterocycles. The fourth-order valence-electron chi connectivity index (χ4n) is 2.42. The standard InChI is InChI=1S/C15H22N2O2/c1-13-6-2-3-7-14(13)19-12-15(18)16-8-11-17-9-4-5-10-17/h2-3,6-7H,4-5,8-12H2,1H3,(H,16,18)/p+1. The highest BCUT2D eigenvalue weighted by Crippen LogP contribution is 2.15. The Balaban J connectivity index is 1.63. The molecule has 104 valence electrons. The number of rotatable bonds is 6. The summed E-state index contributed by atoms with van der Waals surface area (Å²) >= 11 is 0. The Bertz CT molecular complexity index is 414. The highest BCUT2D eigenvalue weighted by atomic mass is 16.5. The number of para-hydroxylation sites is 1. The second kappa shape index (κ2) is 7.14. The van der Waals surface area contributed by atoms with Crippen molar-refractivity contribution in [2.45, 2.75) is 19.8 Å². The van der Waals surface area contributed by atoms with E-state index in [4.69, 9.17) is 4.74 Å². The number of hydrogen-bond acceptors (Lipinski definition) is 2. The van der Waals surface area contributed by atoms with Crippen LogP contribution in [0.25, 0.3) is 0 Å². The zero-order valence-corrected chi connectivity index (χ0v) is 11.6. The van der Waals surface area contributed by atoms with Crippen LogP contribution in [0.5, 0.6) is 5.75 Å². The molecular formula is C15H23N2O2+. The van der Waals surface area contributed by atoms with Gasteiger partial charge in [0, 0.05) is 12.8 Å². The monoisotopic (exact) mass is 263 g/mol. The molecule has 0 aliphatic carbocycles. The number of amides is 1. The topological polar surface area (TPSA) is 42.8 Å². The van der Waals surface area contributed by atoms with E-state index in [1.54, 1.807) is 4.90 Å². The third-order valence-electron chi connectivity index (χ3n) is 3.56. The Labute approximate surface area is 114 Å². The summed E-state index contributed by atoms with van der Waals surface area (Å²) in [5.41, 5.74) is 1.05. The van der Waals surface area contributed by atoms with Crippen molar-refractivity contribution >= 4 is 5.91 Å². The van der Waals surface area contributed by atoms with E-state index in [-0.39, 0.29) is 12.5 Å². The zero-order chi connectivity index (χ0) is 13.5. The number of carbonyl (C=O) groups is 1. The highest BCUT2D eigenvalue weighted by molar-refractivity contribution is 5.77. The van der Waals surface area contributed by atoms with Crippen molar-refractivity contribution in [3.8, 4) is 5.75 Å². The van der Waals surface area contributed by atoms with Gasteiger partial charge < -0.3 is 15.0 Å². The maximum Gasteiger partial charge on any atom is 0.258 e. The second-order valence-corrected chi connectivity index (χ2v) is 5.11. The molecule has 4 heteroatoms. The summed E-state index contributed by atoms with van der Waals surface area (Å²) in [6.07, 6.45) is 2.64. The van der Waals surface area contributed by atoms with Gasteiger partial charge in [-0.05, 0) is 18.6 Å². The summed E-state index contributed by atoms with van der Waals surface area (Å²) in [6.45, 7) is 6.33. The molecule has 0 saturated carbocycles. The van der Waals surface area contributed by atoms with Crippen LogP contribution in [0, 0.1) is 6.92 Å². The van der Waals surface area contributed by atoms with Gasteiger partial charge in [-0.1, -0.05) is 18.2 Å². The minimum atomic E-state index is -0.0400. The number of ether oxygens (including phenoxy) is 1. The molecule has 0 radical (unpaired) electrons. The molecule has 1 aromatic carbocycles. The maximum atomic E-state index is 11.7. The van der Waals surface area contributed by atoms with Crippen LogP contribution < -0.4 is 15.0 Å². The second-order valence-electron chi connectivity index (χ2n) is 5.11. The molecule has 1 fully saturated rings. The molecule has 4 nitrogen and oxygen atoms in total. The van der Waals surface area contributed by atoms with E-state index in [1.807, 2.05) is 31.2 Å². The van der Waals surface area contributed by atoms with Crippen LogP contribution in [-0.4, -0.2) is 38.7 Å². The Morgan fingerprint density at radius 1 is 1.32 bits per heavy atom. The Kier molecular flexibility index (Phi) is 5.21. The molecule has 0 atom stereocenters. The lowest BCUT2D eigenvalue weighted by Crippen LogP contribution is -3.10. The molecule has 2 N–H and O–H groups in total. The highest BCUT2D eigenvalue weighted by Gasteiger charge is 2.14. The molecule has 0 aromatic heterocycles. The van der Waals surface area contributed by atoms with Gasteiger partial charge in [0.05, 0.1) is 26.2 Å². The minimum absolute atomic E-state index is 0.0400.